The van der Waals surface area contributed by atoms with Crippen LogP contribution in [0, 0.1) is 5.92 Å². The first-order valence-electron chi connectivity index (χ1n) is 4.88. The summed E-state index contributed by atoms with van der Waals surface area (Å²) in [5.74, 6) is 1.54. The average molecular weight is 170 g/mol. The van der Waals surface area contributed by atoms with E-state index in [2.05, 4.69) is 18.7 Å². The summed E-state index contributed by atoms with van der Waals surface area (Å²) >= 11 is 0. The van der Waals surface area contributed by atoms with Crippen molar-refractivity contribution >= 4 is 0 Å². The Bertz CT molecular complexity index is 108. The van der Waals surface area contributed by atoms with Crippen LogP contribution in [0.15, 0.2) is 0 Å². The number of morpholine rings is 1. The Hall–Kier alpha value is -0.0800. The third-order valence-corrected chi connectivity index (χ3v) is 2.25. The SMILES string of the molecule is C[C](C)CCCN1CCOCC1. The van der Waals surface area contributed by atoms with Crippen molar-refractivity contribution in [3.05, 3.63) is 5.92 Å². The van der Waals surface area contributed by atoms with Crippen molar-refractivity contribution in [3.63, 3.8) is 0 Å². The largest absolute Gasteiger partial charge is 0.379 e. The quantitative estimate of drug-likeness (QED) is 0.637. The van der Waals surface area contributed by atoms with Gasteiger partial charge >= 0.3 is 0 Å². The van der Waals surface area contributed by atoms with Crippen molar-refractivity contribution in [2.45, 2.75) is 26.7 Å². The van der Waals surface area contributed by atoms with Crippen LogP contribution in [0.3, 0.4) is 0 Å². The zero-order chi connectivity index (χ0) is 8.81. The van der Waals surface area contributed by atoms with Crippen molar-refractivity contribution in [1.29, 1.82) is 0 Å². The van der Waals surface area contributed by atoms with E-state index in [0.29, 0.717) is 0 Å². The Balaban J connectivity index is 1.98. The van der Waals surface area contributed by atoms with Crippen LogP contribution in [0.1, 0.15) is 26.7 Å². The fourth-order valence-electron chi connectivity index (χ4n) is 1.48. The lowest BCUT2D eigenvalue weighted by molar-refractivity contribution is 0.0373. The van der Waals surface area contributed by atoms with Gasteiger partial charge in [0.05, 0.1) is 13.2 Å². The predicted molar refractivity (Wildman–Crippen MR) is 51.1 cm³/mol. The Morgan fingerprint density at radius 1 is 1.25 bits per heavy atom. The van der Waals surface area contributed by atoms with Gasteiger partial charge in [0.15, 0.2) is 0 Å². The number of rotatable bonds is 4. The predicted octanol–water partition coefficient (Wildman–Crippen LogP) is 1.71. The van der Waals surface area contributed by atoms with E-state index in [1.54, 1.807) is 5.92 Å². The van der Waals surface area contributed by atoms with E-state index in [9.17, 15) is 0 Å². The summed E-state index contributed by atoms with van der Waals surface area (Å²) < 4.78 is 5.28. The number of hydrogen-bond acceptors (Lipinski definition) is 2. The topological polar surface area (TPSA) is 12.5 Å². The molecule has 1 saturated heterocycles. The van der Waals surface area contributed by atoms with Crippen LogP contribution in [0.5, 0.6) is 0 Å². The van der Waals surface area contributed by atoms with Crippen LogP contribution in [0.25, 0.3) is 0 Å². The molecule has 0 saturated carbocycles. The van der Waals surface area contributed by atoms with E-state index in [1.807, 2.05) is 0 Å². The molecule has 0 amide bonds. The fraction of sp³-hybridized carbons (Fsp3) is 0.900. The van der Waals surface area contributed by atoms with Gasteiger partial charge in [0, 0.05) is 13.1 Å². The third-order valence-electron chi connectivity index (χ3n) is 2.25. The number of ether oxygens (including phenoxy) is 1. The number of hydrogen-bond donors (Lipinski definition) is 0. The molecule has 0 spiro atoms. The van der Waals surface area contributed by atoms with Gasteiger partial charge in [-0.15, -0.1) is 0 Å². The minimum absolute atomic E-state index is 0.925. The van der Waals surface area contributed by atoms with Gasteiger partial charge in [-0.3, -0.25) is 4.90 Å². The van der Waals surface area contributed by atoms with Gasteiger partial charge in [0.2, 0.25) is 0 Å². The third kappa shape index (κ3) is 4.07. The summed E-state index contributed by atoms with van der Waals surface area (Å²) in [6, 6.07) is 0. The molecule has 2 heteroatoms. The van der Waals surface area contributed by atoms with E-state index in [4.69, 9.17) is 4.74 Å². The van der Waals surface area contributed by atoms with Gasteiger partial charge < -0.3 is 4.74 Å². The normalized spacial score (nSPS) is 20.2. The lowest BCUT2D eigenvalue weighted by Crippen LogP contribution is -2.36. The first kappa shape index (κ1) is 10.0. The first-order chi connectivity index (χ1) is 5.79. The second-order valence-electron chi connectivity index (χ2n) is 3.76. The Kier molecular flexibility index (Phi) is 4.62. The molecule has 0 N–H and O–H groups in total. The summed E-state index contributed by atoms with van der Waals surface area (Å²) in [5, 5.41) is 0. The Morgan fingerprint density at radius 2 is 1.92 bits per heavy atom. The van der Waals surface area contributed by atoms with E-state index >= 15 is 0 Å². The molecule has 1 aliphatic heterocycles. The zero-order valence-electron chi connectivity index (χ0n) is 8.31. The Morgan fingerprint density at radius 3 is 2.50 bits per heavy atom. The summed E-state index contributed by atoms with van der Waals surface area (Å²) in [6.07, 6.45) is 2.58. The maximum absolute atomic E-state index is 5.28. The maximum atomic E-state index is 5.28. The lowest BCUT2D eigenvalue weighted by Gasteiger charge is -2.26. The van der Waals surface area contributed by atoms with Crippen LogP contribution in [0.4, 0.5) is 0 Å². The molecule has 1 aliphatic rings. The monoisotopic (exact) mass is 170 g/mol. The minimum atomic E-state index is 0.925. The van der Waals surface area contributed by atoms with Crippen LogP contribution in [0.2, 0.25) is 0 Å². The van der Waals surface area contributed by atoms with Crippen molar-refractivity contribution < 1.29 is 4.74 Å². The molecule has 1 fully saturated rings. The molecule has 0 aliphatic carbocycles. The molecular formula is C10H20NO. The van der Waals surface area contributed by atoms with Gasteiger partial charge in [-0.05, 0) is 25.3 Å². The van der Waals surface area contributed by atoms with Crippen LogP contribution in [-0.4, -0.2) is 37.7 Å². The summed E-state index contributed by atoms with van der Waals surface area (Å²) in [5.41, 5.74) is 0. The zero-order valence-corrected chi connectivity index (χ0v) is 8.31. The highest BCUT2D eigenvalue weighted by Crippen LogP contribution is 2.07. The van der Waals surface area contributed by atoms with E-state index < -0.39 is 0 Å². The highest BCUT2D eigenvalue weighted by molar-refractivity contribution is 4.77. The molecule has 1 rings (SSSR count). The molecule has 12 heavy (non-hydrogen) atoms. The van der Waals surface area contributed by atoms with Gasteiger partial charge in [-0.2, -0.15) is 0 Å². The minimum Gasteiger partial charge on any atom is -0.379 e. The standard InChI is InChI=1S/C10H20NO/c1-10(2)4-3-5-11-6-8-12-9-7-11/h3-9H2,1-2H3. The van der Waals surface area contributed by atoms with Crippen LogP contribution in [-0.2, 0) is 4.74 Å². The number of nitrogens with zero attached hydrogens (tertiary/aromatic N) is 1. The molecule has 0 aromatic carbocycles. The second kappa shape index (κ2) is 5.55. The smallest absolute Gasteiger partial charge is 0.0594 e. The molecule has 0 bridgehead atoms. The summed E-state index contributed by atoms with van der Waals surface area (Å²) in [7, 11) is 0. The fourth-order valence-corrected chi connectivity index (χ4v) is 1.48. The van der Waals surface area contributed by atoms with Gasteiger partial charge in [0.1, 0.15) is 0 Å². The van der Waals surface area contributed by atoms with Crippen molar-refractivity contribution in [2.75, 3.05) is 32.8 Å². The van der Waals surface area contributed by atoms with E-state index in [1.165, 1.54) is 19.4 Å². The summed E-state index contributed by atoms with van der Waals surface area (Å²) in [4.78, 5) is 2.49. The van der Waals surface area contributed by atoms with E-state index in [-0.39, 0.29) is 0 Å². The molecule has 1 heterocycles. The first-order valence-corrected chi connectivity index (χ1v) is 4.88. The molecule has 0 aromatic rings. The maximum Gasteiger partial charge on any atom is 0.0594 e. The highest BCUT2D eigenvalue weighted by Gasteiger charge is 2.09. The molecular weight excluding hydrogens is 150 g/mol. The second-order valence-corrected chi connectivity index (χ2v) is 3.76. The molecule has 0 atom stereocenters. The lowest BCUT2D eigenvalue weighted by atomic mass is 10.1. The van der Waals surface area contributed by atoms with E-state index in [0.717, 1.165) is 26.3 Å². The van der Waals surface area contributed by atoms with Crippen molar-refractivity contribution in [1.82, 2.24) is 4.90 Å². The molecule has 71 valence electrons. The van der Waals surface area contributed by atoms with Gasteiger partial charge in [0.25, 0.3) is 0 Å². The molecule has 0 aromatic heterocycles. The van der Waals surface area contributed by atoms with Crippen LogP contribution < -0.4 is 0 Å². The van der Waals surface area contributed by atoms with Crippen molar-refractivity contribution in [3.8, 4) is 0 Å². The van der Waals surface area contributed by atoms with Crippen molar-refractivity contribution in [2.24, 2.45) is 0 Å². The average Bonchev–Trinajstić information content (AvgIpc) is 2.05. The summed E-state index contributed by atoms with van der Waals surface area (Å²) in [6.45, 7) is 9.77. The molecule has 2 nitrogen and oxygen atoms in total. The molecule has 0 unspecified atom stereocenters. The Labute approximate surface area is 75.9 Å². The molecule has 1 radical (unpaired) electrons. The highest BCUT2D eigenvalue weighted by atomic mass is 16.5. The van der Waals surface area contributed by atoms with Gasteiger partial charge in [-0.1, -0.05) is 13.8 Å². The van der Waals surface area contributed by atoms with Gasteiger partial charge in [-0.25, -0.2) is 0 Å². The van der Waals surface area contributed by atoms with Crippen LogP contribution >= 0.6 is 0 Å².